The largest absolute Gasteiger partial charge is 0.487 e. The maximum atomic E-state index is 11.3. The van der Waals surface area contributed by atoms with Crippen LogP contribution in [-0.2, 0) is 17.8 Å². The molecule has 7 nitrogen and oxygen atoms in total. The third kappa shape index (κ3) is 4.35. The number of nitrogens with zero attached hydrogens (tertiary/aromatic N) is 3. The third-order valence-corrected chi connectivity index (χ3v) is 6.62. The van der Waals surface area contributed by atoms with Crippen LogP contribution in [0.5, 0.6) is 5.75 Å². The summed E-state index contributed by atoms with van der Waals surface area (Å²) in [7, 11) is 0. The molecule has 2 aromatic heterocycles. The number of nitrogens with two attached hydrogens (primary N) is 1. The molecule has 5 aromatic rings. The smallest absolute Gasteiger partial charge is 0.307 e. The lowest BCUT2D eigenvalue weighted by atomic mass is 9.97. The zero-order valence-corrected chi connectivity index (χ0v) is 20.3. The van der Waals surface area contributed by atoms with Gasteiger partial charge in [0.05, 0.1) is 11.9 Å². The lowest BCUT2D eigenvalue weighted by molar-refractivity contribution is -0.136. The number of benzene rings is 3. The second-order valence-electron chi connectivity index (χ2n) is 8.94. The van der Waals surface area contributed by atoms with Gasteiger partial charge in [-0.05, 0) is 54.1 Å². The zero-order valence-electron chi connectivity index (χ0n) is 20.3. The van der Waals surface area contributed by atoms with Crippen molar-refractivity contribution in [3.63, 3.8) is 0 Å². The molecule has 2 heterocycles. The summed E-state index contributed by atoms with van der Waals surface area (Å²) in [6.45, 7) is 4.51. The van der Waals surface area contributed by atoms with E-state index >= 15 is 0 Å². The molecular weight excluding hydrogens is 452 g/mol. The topological polar surface area (TPSA) is 103 Å². The standard InChI is InChI=1S/C29H28N4O3/c1-3-18(2)33-26-12-11-19(21-8-6-9-23-22(21)13-14-31-29(23)30)15-24(26)25(32-33)17-36-27-10-5-4-7-20(27)16-28(34)35/h4-15,18H,3,16-17H2,1-2H3,(H2,30,31)(H,34,35)/t18-/m1/s1. The molecule has 3 aromatic carbocycles. The quantitative estimate of drug-likeness (QED) is 0.282. The molecule has 0 aliphatic rings. The van der Waals surface area contributed by atoms with Crippen LogP contribution in [-0.4, -0.2) is 25.8 Å². The lowest BCUT2D eigenvalue weighted by Gasteiger charge is -2.11. The van der Waals surface area contributed by atoms with E-state index in [1.807, 2.05) is 35.0 Å². The van der Waals surface area contributed by atoms with E-state index in [0.29, 0.717) is 17.1 Å². The average molecular weight is 481 g/mol. The van der Waals surface area contributed by atoms with E-state index in [1.165, 1.54) is 0 Å². The molecule has 5 rings (SSSR count). The number of carbonyl (C=O) groups is 1. The lowest BCUT2D eigenvalue weighted by Crippen LogP contribution is -2.07. The molecule has 36 heavy (non-hydrogen) atoms. The van der Waals surface area contributed by atoms with E-state index in [4.69, 9.17) is 15.6 Å². The van der Waals surface area contributed by atoms with Crippen molar-refractivity contribution in [2.24, 2.45) is 0 Å². The molecule has 0 aliphatic heterocycles. The number of carboxylic acids is 1. The highest BCUT2D eigenvalue weighted by Crippen LogP contribution is 2.34. The monoisotopic (exact) mass is 480 g/mol. The van der Waals surface area contributed by atoms with Crippen LogP contribution < -0.4 is 10.5 Å². The first-order valence-electron chi connectivity index (χ1n) is 12.0. The first-order chi connectivity index (χ1) is 17.5. The van der Waals surface area contributed by atoms with Crippen LogP contribution in [0.25, 0.3) is 32.8 Å². The van der Waals surface area contributed by atoms with Gasteiger partial charge in [-0.1, -0.05) is 49.4 Å². The van der Waals surface area contributed by atoms with E-state index in [0.717, 1.165) is 44.9 Å². The van der Waals surface area contributed by atoms with Crippen molar-refractivity contribution in [2.45, 2.75) is 39.3 Å². The molecule has 0 fully saturated rings. The number of para-hydroxylation sites is 1. The minimum absolute atomic E-state index is 0.0958. The molecule has 0 bridgehead atoms. The number of nitrogen functional groups attached to an aromatic ring is 1. The Morgan fingerprint density at radius 3 is 2.69 bits per heavy atom. The van der Waals surface area contributed by atoms with Gasteiger partial charge in [-0.15, -0.1) is 0 Å². The summed E-state index contributed by atoms with van der Waals surface area (Å²) in [5, 5.41) is 17.1. The number of pyridine rings is 1. The summed E-state index contributed by atoms with van der Waals surface area (Å²) in [6, 6.07) is 21.9. The summed E-state index contributed by atoms with van der Waals surface area (Å²) in [6.07, 6.45) is 2.58. The number of aromatic nitrogens is 3. The van der Waals surface area contributed by atoms with Crippen molar-refractivity contribution >= 4 is 33.5 Å². The first kappa shape index (κ1) is 23.4. The highest BCUT2D eigenvalue weighted by atomic mass is 16.5. The van der Waals surface area contributed by atoms with E-state index in [9.17, 15) is 9.90 Å². The molecule has 0 spiro atoms. The first-order valence-corrected chi connectivity index (χ1v) is 12.0. The minimum atomic E-state index is -0.895. The minimum Gasteiger partial charge on any atom is -0.487 e. The van der Waals surface area contributed by atoms with Crippen LogP contribution in [0.1, 0.15) is 37.6 Å². The number of hydrogen-bond donors (Lipinski definition) is 2. The molecule has 7 heteroatoms. The van der Waals surface area contributed by atoms with Crippen molar-refractivity contribution in [1.82, 2.24) is 14.8 Å². The van der Waals surface area contributed by atoms with E-state index < -0.39 is 5.97 Å². The third-order valence-electron chi connectivity index (χ3n) is 6.62. The maximum absolute atomic E-state index is 11.3. The molecule has 0 saturated heterocycles. The Bertz CT molecular complexity index is 1570. The number of hydrogen-bond acceptors (Lipinski definition) is 5. The van der Waals surface area contributed by atoms with Gasteiger partial charge in [0.15, 0.2) is 0 Å². The fraction of sp³-hybridized carbons (Fsp3) is 0.207. The number of anilines is 1. The Kier molecular flexibility index (Phi) is 6.29. The second kappa shape index (κ2) is 9.70. The Morgan fingerprint density at radius 2 is 1.89 bits per heavy atom. The van der Waals surface area contributed by atoms with Crippen molar-refractivity contribution in [3.05, 3.63) is 84.2 Å². The summed E-state index contributed by atoms with van der Waals surface area (Å²) < 4.78 is 8.17. The Balaban J connectivity index is 1.59. The molecule has 0 amide bonds. The van der Waals surface area contributed by atoms with Crippen molar-refractivity contribution in [1.29, 1.82) is 0 Å². The summed E-state index contributed by atoms with van der Waals surface area (Å²) in [5.41, 5.74) is 10.7. The highest BCUT2D eigenvalue weighted by Gasteiger charge is 2.17. The molecule has 3 N–H and O–H groups in total. The maximum Gasteiger partial charge on any atom is 0.307 e. The van der Waals surface area contributed by atoms with Crippen LogP contribution >= 0.6 is 0 Å². The summed E-state index contributed by atoms with van der Waals surface area (Å²) in [4.78, 5) is 15.5. The SMILES string of the molecule is CC[C@@H](C)n1nc(COc2ccccc2CC(=O)O)c2cc(-c3cccc4c(N)nccc34)ccc21. The number of rotatable bonds is 8. The van der Waals surface area contributed by atoms with Gasteiger partial charge in [-0.25, -0.2) is 4.98 Å². The van der Waals surface area contributed by atoms with Crippen LogP contribution in [0.15, 0.2) is 72.9 Å². The molecule has 0 unspecified atom stereocenters. The molecule has 0 aliphatic carbocycles. The molecular formula is C29H28N4O3. The van der Waals surface area contributed by atoms with Gasteiger partial charge in [-0.2, -0.15) is 5.10 Å². The fourth-order valence-electron chi connectivity index (χ4n) is 4.57. The van der Waals surface area contributed by atoms with Crippen LogP contribution in [0.4, 0.5) is 5.82 Å². The Morgan fingerprint density at radius 1 is 1.06 bits per heavy atom. The van der Waals surface area contributed by atoms with Gasteiger partial charge in [0.25, 0.3) is 0 Å². The number of fused-ring (bicyclic) bond motifs is 2. The molecule has 0 saturated carbocycles. The van der Waals surface area contributed by atoms with Gasteiger partial charge >= 0.3 is 5.97 Å². The normalized spacial score (nSPS) is 12.2. The molecule has 1 atom stereocenters. The van der Waals surface area contributed by atoms with Crippen molar-refractivity contribution in [3.8, 4) is 16.9 Å². The van der Waals surface area contributed by atoms with Crippen LogP contribution in [0, 0.1) is 0 Å². The van der Waals surface area contributed by atoms with Gasteiger partial charge in [0, 0.05) is 28.6 Å². The van der Waals surface area contributed by atoms with Gasteiger partial charge in [0.2, 0.25) is 0 Å². The number of ether oxygens (including phenoxy) is 1. The zero-order chi connectivity index (χ0) is 25.2. The van der Waals surface area contributed by atoms with Gasteiger partial charge in [0.1, 0.15) is 23.9 Å². The molecule has 0 radical (unpaired) electrons. The van der Waals surface area contributed by atoms with E-state index in [-0.39, 0.29) is 19.1 Å². The van der Waals surface area contributed by atoms with Crippen LogP contribution in [0.2, 0.25) is 0 Å². The predicted octanol–water partition coefficient (Wildman–Crippen LogP) is 6.01. The molecule has 182 valence electrons. The second-order valence-corrected chi connectivity index (χ2v) is 8.94. The average Bonchev–Trinajstić information content (AvgIpc) is 3.25. The fourth-order valence-corrected chi connectivity index (χ4v) is 4.57. The Labute approximate surface area is 209 Å². The summed E-state index contributed by atoms with van der Waals surface area (Å²) >= 11 is 0. The van der Waals surface area contributed by atoms with Crippen molar-refractivity contribution < 1.29 is 14.6 Å². The van der Waals surface area contributed by atoms with Gasteiger partial charge < -0.3 is 15.6 Å². The van der Waals surface area contributed by atoms with Crippen LogP contribution in [0.3, 0.4) is 0 Å². The van der Waals surface area contributed by atoms with Crippen molar-refractivity contribution in [2.75, 3.05) is 5.73 Å². The van der Waals surface area contributed by atoms with E-state index in [2.05, 4.69) is 43.1 Å². The number of aliphatic carboxylic acids is 1. The highest BCUT2D eigenvalue weighted by molar-refractivity contribution is 6.02. The van der Waals surface area contributed by atoms with Gasteiger partial charge in [-0.3, -0.25) is 9.48 Å². The van der Waals surface area contributed by atoms with E-state index in [1.54, 1.807) is 18.3 Å². The number of carboxylic acid groups (broad SMARTS) is 1. The Hall–Kier alpha value is -4.39. The summed E-state index contributed by atoms with van der Waals surface area (Å²) in [5.74, 6) is 0.168. The predicted molar refractivity (Wildman–Crippen MR) is 142 cm³/mol.